The first-order valence-electron chi connectivity index (χ1n) is 5.27. The van der Waals surface area contributed by atoms with Crippen LogP contribution in [0.3, 0.4) is 0 Å². The van der Waals surface area contributed by atoms with Gasteiger partial charge in [0, 0.05) is 4.90 Å². The first kappa shape index (κ1) is 13.5. The van der Waals surface area contributed by atoms with Gasteiger partial charge in [0.25, 0.3) is 0 Å². The van der Waals surface area contributed by atoms with Crippen LogP contribution in [0.2, 0.25) is 10.2 Å². The van der Waals surface area contributed by atoms with E-state index in [1.165, 1.54) is 4.90 Å². The van der Waals surface area contributed by atoms with Crippen molar-refractivity contribution in [1.29, 1.82) is 0 Å². The molecule has 1 aromatic heterocycles. The van der Waals surface area contributed by atoms with Crippen LogP contribution in [0.1, 0.15) is 5.69 Å². The molecule has 0 aliphatic heterocycles. The summed E-state index contributed by atoms with van der Waals surface area (Å²) in [5, 5.41) is 0.968. The second-order valence-corrected chi connectivity index (χ2v) is 5.20. The molecule has 2 aromatic rings. The van der Waals surface area contributed by atoms with E-state index < -0.39 is 0 Å². The van der Waals surface area contributed by atoms with Gasteiger partial charge in [-0.25, -0.2) is 4.98 Å². The van der Waals surface area contributed by atoms with E-state index >= 15 is 0 Å². The van der Waals surface area contributed by atoms with Gasteiger partial charge in [-0.15, -0.1) is 11.8 Å². The van der Waals surface area contributed by atoms with E-state index in [1.807, 2.05) is 30.5 Å². The molecule has 0 saturated heterocycles. The number of aromatic nitrogens is 1. The number of hydrogen-bond acceptors (Lipinski definition) is 3. The van der Waals surface area contributed by atoms with Gasteiger partial charge in [0.1, 0.15) is 17.5 Å². The monoisotopic (exact) mass is 299 g/mol. The predicted molar refractivity (Wildman–Crippen MR) is 76.8 cm³/mol. The van der Waals surface area contributed by atoms with Gasteiger partial charge in [0.15, 0.2) is 0 Å². The van der Waals surface area contributed by atoms with Crippen molar-refractivity contribution in [1.82, 2.24) is 4.98 Å². The maximum atomic E-state index is 6.01. The van der Waals surface area contributed by atoms with Crippen molar-refractivity contribution in [3.05, 3.63) is 52.3 Å². The summed E-state index contributed by atoms with van der Waals surface area (Å²) in [5.41, 5.74) is 0.637. The standard InChI is InChI=1S/C13H11Cl2NOS/c1-18-10-4-2-9(3-5-10)17-8-12-11(14)6-7-13(15)16-12/h2-7H,8H2,1H3. The van der Waals surface area contributed by atoms with E-state index in [0.717, 1.165) is 5.75 Å². The Morgan fingerprint density at radius 3 is 2.50 bits per heavy atom. The highest BCUT2D eigenvalue weighted by Crippen LogP contribution is 2.22. The van der Waals surface area contributed by atoms with E-state index in [-0.39, 0.29) is 0 Å². The number of rotatable bonds is 4. The molecule has 0 N–H and O–H groups in total. The Morgan fingerprint density at radius 1 is 1.11 bits per heavy atom. The zero-order valence-corrected chi connectivity index (χ0v) is 12.0. The van der Waals surface area contributed by atoms with E-state index in [9.17, 15) is 0 Å². The quantitative estimate of drug-likeness (QED) is 0.604. The summed E-state index contributed by atoms with van der Waals surface area (Å²) in [6.45, 7) is 0.304. The van der Waals surface area contributed by atoms with Gasteiger partial charge >= 0.3 is 0 Å². The van der Waals surface area contributed by atoms with Gasteiger partial charge in [0.05, 0.1) is 10.7 Å². The average Bonchev–Trinajstić information content (AvgIpc) is 2.40. The molecular weight excluding hydrogens is 289 g/mol. The normalized spacial score (nSPS) is 10.4. The van der Waals surface area contributed by atoms with Gasteiger partial charge in [-0.1, -0.05) is 23.2 Å². The highest BCUT2D eigenvalue weighted by atomic mass is 35.5. The van der Waals surface area contributed by atoms with Crippen LogP contribution in [0.25, 0.3) is 0 Å². The molecular formula is C13H11Cl2NOS. The van der Waals surface area contributed by atoms with Crippen LogP contribution >= 0.6 is 35.0 Å². The highest BCUT2D eigenvalue weighted by Gasteiger charge is 2.04. The molecule has 94 valence electrons. The zero-order chi connectivity index (χ0) is 13.0. The van der Waals surface area contributed by atoms with Gasteiger partial charge in [-0.3, -0.25) is 0 Å². The van der Waals surface area contributed by atoms with Gasteiger partial charge in [0.2, 0.25) is 0 Å². The van der Waals surface area contributed by atoms with Gasteiger partial charge in [-0.05, 0) is 42.7 Å². The lowest BCUT2D eigenvalue weighted by atomic mass is 10.3. The van der Waals surface area contributed by atoms with E-state index in [0.29, 0.717) is 22.5 Å². The maximum absolute atomic E-state index is 6.01. The lowest BCUT2D eigenvalue weighted by Crippen LogP contribution is -1.99. The minimum Gasteiger partial charge on any atom is -0.487 e. The van der Waals surface area contributed by atoms with Crippen LogP contribution in [0.15, 0.2) is 41.3 Å². The fraction of sp³-hybridized carbons (Fsp3) is 0.154. The summed E-state index contributed by atoms with van der Waals surface area (Å²) < 4.78 is 5.61. The summed E-state index contributed by atoms with van der Waals surface area (Å²) in [6, 6.07) is 11.2. The third-order valence-electron chi connectivity index (χ3n) is 2.32. The Hall–Kier alpha value is -0.900. The van der Waals surface area contributed by atoms with Gasteiger partial charge in [-0.2, -0.15) is 0 Å². The Balaban J connectivity index is 2.04. The molecule has 0 spiro atoms. The zero-order valence-electron chi connectivity index (χ0n) is 9.69. The number of nitrogens with zero attached hydrogens (tertiary/aromatic N) is 1. The molecule has 1 heterocycles. The highest BCUT2D eigenvalue weighted by molar-refractivity contribution is 7.98. The molecule has 0 radical (unpaired) electrons. The topological polar surface area (TPSA) is 22.1 Å². The average molecular weight is 300 g/mol. The number of ether oxygens (including phenoxy) is 1. The first-order chi connectivity index (χ1) is 8.69. The maximum Gasteiger partial charge on any atom is 0.132 e. The van der Waals surface area contributed by atoms with Crippen molar-refractivity contribution in [3.8, 4) is 5.75 Å². The molecule has 0 unspecified atom stereocenters. The molecule has 2 rings (SSSR count). The third-order valence-corrected chi connectivity index (χ3v) is 3.62. The second kappa shape index (κ2) is 6.32. The van der Waals surface area contributed by atoms with Crippen molar-refractivity contribution in [2.75, 3.05) is 6.26 Å². The van der Waals surface area contributed by atoms with Crippen LogP contribution in [0, 0.1) is 0 Å². The SMILES string of the molecule is CSc1ccc(OCc2nc(Cl)ccc2Cl)cc1. The molecule has 5 heteroatoms. The summed E-state index contributed by atoms with van der Waals surface area (Å²) in [6.07, 6.45) is 2.03. The molecule has 18 heavy (non-hydrogen) atoms. The summed E-state index contributed by atoms with van der Waals surface area (Å²) in [4.78, 5) is 5.32. The second-order valence-electron chi connectivity index (χ2n) is 3.53. The molecule has 0 aliphatic carbocycles. The predicted octanol–water partition coefficient (Wildman–Crippen LogP) is 4.69. The van der Waals surface area contributed by atoms with Crippen molar-refractivity contribution in [2.24, 2.45) is 0 Å². The lowest BCUT2D eigenvalue weighted by Gasteiger charge is -2.07. The molecule has 0 saturated carbocycles. The number of halogens is 2. The Morgan fingerprint density at radius 2 is 1.83 bits per heavy atom. The fourth-order valence-corrected chi connectivity index (χ4v) is 2.12. The smallest absolute Gasteiger partial charge is 0.132 e. The summed E-state index contributed by atoms with van der Waals surface area (Å²) >= 11 is 13.5. The molecule has 0 amide bonds. The van der Waals surface area contributed by atoms with E-state index in [1.54, 1.807) is 23.9 Å². The van der Waals surface area contributed by atoms with Crippen LogP contribution in [0.5, 0.6) is 5.75 Å². The van der Waals surface area contributed by atoms with Crippen molar-refractivity contribution in [3.63, 3.8) is 0 Å². The van der Waals surface area contributed by atoms with Gasteiger partial charge < -0.3 is 4.74 Å². The summed E-state index contributed by atoms with van der Waals surface area (Å²) in [5.74, 6) is 0.783. The number of hydrogen-bond donors (Lipinski definition) is 0. The van der Waals surface area contributed by atoms with Crippen LogP contribution in [0.4, 0.5) is 0 Å². The molecule has 0 fully saturated rings. The minimum atomic E-state index is 0.304. The van der Waals surface area contributed by atoms with Crippen LogP contribution in [-0.4, -0.2) is 11.2 Å². The Kier molecular flexibility index (Phi) is 4.75. The third kappa shape index (κ3) is 3.55. The first-order valence-corrected chi connectivity index (χ1v) is 7.25. The molecule has 0 atom stereocenters. The molecule has 1 aromatic carbocycles. The van der Waals surface area contributed by atoms with Crippen LogP contribution in [-0.2, 0) is 6.61 Å². The lowest BCUT2D eigenvalue weighted by molar-refractivity contribution is 0.301. The number of benzene rings is 1. The molecule has 2 nitrogen and oxygen atoms in total. The van der Waals surface area contributed by atoms with E-state index in [2.05, 4.69) is 4.98 Å². The Bertz CT molecular complexity index is 531. The largest absolute Gasteiger partial charge is 0.487 e. The summed E-state index contributed by atoms with van der Waals surface area (Å²) in [7, 11) is 0. The Labute approximate surface area is 120 Å². The van der Waals surface area contributed by atoms with E-state index in [4.69, 9.17) is 27.9 Å². The fourth-order valence-electron chi connectivity index (χ4n) is 1.38. The number of thioether (sulfide) groups is 1. The van der Waals surface area contributed by atoms with Crippen molar-refractivity contribution >= 4 is 35.0 Å². The van der Waals surface area contributed by atoms with Crippen molar-refractivity contribution in [2.45, 2.75) is 11.5 Å². The molecule has 0 aliphatic rings. The van der Waals surface area contributed by atoms with Crippen molar-refractivity contribution < 1.29 is 4.74 Å². The minimum absolute atomic E-state index is 0.304. The molecule has 0 bridgehead atoms. The number of pyridine rings is 1. The van der Waals surface area contributed by atoms with Crippen LogP contribution < -0.4 is 4.74 Å².